The Balaban J connectivity index is 3.80. The fraction of sp³-hybridized carbons (Fsp3) is 0.775. The monoisotopic (exact) mass is 1150 g/mol. The summed E-state index contributed by atoms with van der Waals surface area (Å²) in [5, 5.41) is 0. The van der Waals surface area contributed by atoms with E-state index in [1.54, 1.807) is 0 Å². The molecular formula is C71H128NO8P. The van der Waals surface area contributed by atoms with E-state index in [1.807, 2.05) is 0 Å². The van der Waals surface area contributed by atoms with Gasteiger partial charge in [-0.15, -0.1) is 0 Å². The van der Waals surface area contributed by atoms with Gasteiger partial charge in [0, 0.05) is 19.4 Å². The van der Waals surface area contributed by atoms with Gasteiger partial charge in [-0.2, -0.15) is 0 Å². The first-order valence-corrected chi connectivity index (χ1v) is 35.6. The molecule has 0 amide bonds. The third-order valence-electron chi connectivity index (χ3n) is 14.8. The van der Waals surface area contributed by atoms with E-state index in [4.69, 9.17) is 24.3 Å². The number of ether oxygens (including phenoxy) is 2. The Hall–Kier alpha value is -2.81. The van der Waals surface area contributed by atoms with E-state index in [1.165, 1.54) is 205 Å². The number of unbranched alkanes of at least 4 members (excludes halogenated alkanes) is 37. The van der Waals surface area contributed by atoms with Crippen LogP contribution in [0.2, 0.25) is 0 Å². The Morgan fingerprint density at radius 1 is 0.383 bits per heavy atom. The van der Waals surface area contributed by atoms with Crippen LogP contribution in [0.1, 0.15) is 322 Å². The van der Waals surface area contributed by atoms with Crippen LogP contribution in [0, 0.1) is 0 Å². The second kappa shape index (κ2) is 66.3. The van der Waals surface area contributed by atoms with Crippen LogP contribution in [-0.4, -0.2) is 49.3 Å². The molecule has 3 N–H and O–H groups in total. The van der Waals surface area contributed by atoms with Gasteiger partial charge < -0.3 is 20.1 Å². The summed E-state index contributed by atoms with van der Waals surface area (Å²) in [6.07, 6.45) is 88.3. The lowest BCUT2D eigenvalue weighted by Gasteiger charge is -2.19. The fourth-order valence-corrected chi connectivity index (χ4v) is 10.5. The zero-order valence-electron chi connectivity index (χ0n) is 52.8. The number of hydrogen-bond donors (Lipinski definition) is 2. The molecule has 0 aromatic carbocycles. The Morgan fingerprint density at radius 2 is 0.679 bits per heavy atom. The third kappa shape index (κ3) is 66.2. The van der Waals surface area contributed by atoms with E-state index in [0.29, 0.717) is 6.42 Å². The molecule has 0 radical (unpaired) electrons. The van der Waals surface area contributed by atoms with E-state index in [-0.39, 0.29) is 38.6 Å². The summed E-state index contributed by atoms with van der Waals surface area (Å²) in [7, 11) is -4.40. The SMILES string of the molecule is CC/C=C\C/C=C\C/C=C\C/C=C\CCCCCCCCCCC(=O)OC(COC(=O)CCCCCCCCCCCCCCCCCCCCCCCCCC/C=C\C/C=C\C/C=C\CCCCCCC)COP(=O)(O)OCCN. The molecule has 0 saturated heterocycles. The van der Waals surface area contributed by atoms with Gasteiger partial charge in [0.2, 0.25) is 0 Å². The molecule has 2 atom stereocenters. The lowest BCUT2D eigenvalue weighted by molar-refractivity contribution is -0.161. The van der Waals surface area contributed by atoms with E-state index < -0.39 is 26.5 Å². The molecule has 81 heavy (non-hydrogen) atoms. The Bertz CT molecular complexity index is 1600. The maximum Gasteiger partial charge on any atom is 0.472 e. The van der Waals surface area contributed by atoms with Crippen LogP contribution < -0.4 is 5.73 Å². The van der Waals surface area contributed by atoms with Crippen LogP contribution in [0.25, 0.3) is 0 Å². The first-order chi connectivity index (χ1) is 39.8. The van der Waals surface area contributed by atoms with Gasteiger partial charge in [-0.05, 0) is 89.9 Å². The van der Waals surface area contributed by atoms with Crippen molar-refractivity contribution in [2.24, 2.45) is 5.73 Å². The number of esters is 2. The van der Waals surface area contributed by atoms with Crippen LogP contribution >= 0.6 is 7.82 Å². The number of phosphoric ester groups is 1. The fourth-order valence-electron chi connectivity index (χ4n) is 9.76. The smallest absolute Gasteiger partial charge is 0.462 e. The molecule has 0 aromatic heterocycles. The molecule has 9 nitrogen and oxygen atoms in total. The van der Waals surface area contributed by atoms with Gasteiger partial charge in [0.1, 0.15) is 6.61 Å². The van der Waals surface area contributed by atoms with Crippen LogP contribution in [0.3, 0.4) is 0 Å². The van der Waals surface area contributed by atoms with Crippen LogP contribution in [-0.2, 0) is 32.7 Å². The van der Waals surface area contributed by atoms with Gasteiger partial charge in [0.05, 0.1) is 13.2 Å². The maximum absolute atomic E-state index is 12.7. The van der Waals surface area contributed by atoms with E-state index in [2.05, 4.69) is 98.9 Å². The number of rotatable bonds is 64. The number of phosphoric acid groups is 1. The van der Waals surface area contributed by atoms with E-state index >= 15 is 0 Å². The molecule has 2 unspecified atom stereocenters. The highest BCUT2D eigenvalue weighted by Gasteiger charge is 2.26. The predicted molar refractivity (Wildman–Crippen MR) is 349 cm³/mol. The second-order valence-corrected chi connectivity index (χ2v) is 24.1. The summed E-state index contributed by atoms with van der Waals surface area (Å²) in [6, 6.07) is 0. The van der Waals surface area contributed by atoms with Crippen molar-refractivity contribution in [1.82, 2.24) is 0 Å². The van der Waals surface area contributed by atoms with Crippen molar-refractivity contribution in [3.05, 3.63) is 85.1 Å². The van der Waals surface area contributed by atoms with Gasteiger partial charge in [-0.25, -0.2) is 4.57 Å². The average molecular weight is 1150 g/mol. The van der Waals surface area contributed by atoms with Crippen LogP contribution in [0.5, 0.6) is 0 Å². The minimum absolute atomic E-state index is 0.0502. The third-order valence-corrected chi connectivity index (χ3v) is 15.7. The van der Waals surface area contributed by atoms with Crippen molar-refractivity contribution in [3.8, 4) is 0 Å². The summed E-state index contributed by atoms with van der Waals surface area (Å²) in [4.78, 5) is 35.3. The Kier molecular flexibility index (Phi) is 64.0. The number of carbonyl (C=O) groups excluding carboxylic acids is 2. The number of hydrogen-bond acceptors (Lipinski definition) is 8. The van der Waals surface area contributed by atoms with Crippen molar-refractivity contribution in [2.45, 2.75) is 328 Å². The lowest BCUT2D eigenvalue weighted by atomic mass is 10.0. The molecule has 0 saturated carbocycles. The Morgan fingerprint density at radius 3 is 1.01 bits per heavy atom. The van der Waals surface area contributed by atoms with Crippen LogP contribution in [0.4, 0.5) is 0 Å². The molecule has 0 aromatic rings. The number of nitrogens with two attached hydrogens (primary N) is 1. The maximum atomic E-state index is 12.7. The quantitative estimate of drug-likeness (QED) is 0.0264. The lowest BCUT2D eigenvalue weighted by Crippen LogP contribution is -2.29. The highest BCUT2D eigenvalue weighted by molar-refractivity contribution is 7.47. The van der Waals surface area contributed by atoms with Crippen molar-refractivity contribution in [2.75, 3.05) is 26.4 Å². The minimum atomic E-state index is -4.40. The van der Waals surface area contributed by atoms with Crippen LogP contribution in [0.15, 0.2) is 85.1 Å². The summed E-state index contributed by atoms with van der Waals surface area (Å²) in [6.45, 7) is 3.64. The van der Waals surface area contributed by atoms with Crippen molar-refractivity contribution < 1.29 is 37.6 Å². The largest absolute Gasteiger partial charge is 0.472 e. The zero-order valence-corrected chi connectivity index (χ0v) is 53.7. The first kappa shape index (κ1) is 78.2. The predicted octanol–water partition coefficient (Wildman–Crippen LogP) is 22.2. The summed E-state index contributed by atoms with van der Waals surface area (Å²) in [5.41, 5.74) is 5.39. The molecule has 0 aliphatic rings. The highest BCUT2D eigenvalue weighted by atomic mass is 31.2. The highest BCUT2D eigenvalue weighted by Crippen LogP contribution is 2.43. The molecule has 0 rings (SSSR count). The number of carbonyl (C=O) groups is 2. The molecule has 0 spiro atoms. The summed E-state index contributed by atoms with van der Waals surface area (Å²) < 4.78 is 33.1. The topological polar surface area (TPSA) is 134 Å². The van der Waals surface area contributed by atoms with Gasteiger partial charge >= 0.3 is 19.8 Å². The molecule has 470 valence electrons. The van der Waals surface area contributed by atoms with Crippen molar-refractivity contribution in [1.29, 1.82) is 0 Å². The molecule has 0 aliphatic heterocycles. The standard InChI is InChI=1S/C71H128NO8P/c1-3-5-7-9-11-13-15-17-19-21-23-25-26-27-28-29-30-31-32-33-34-35-36-37-38-39-40-41-42-44-45-47-49-51-53-55-57-59-61-63-70(73)77-67-69(68-79-81(75,76)78-66-65-72)80-71(74)64-62-60-58-56-54-52-50-48-46-43-24-22-20-18-16-14-12-10-8-6-4-2/h6,8,12,14-15,17-18,20-21,23-24,26-27,43,69H,3-5,7,9-11,13,16,19,22,25,28-42,44-68,72H2,1-2H3,(H,75,76)/b8-6-,14-12-,17-15-,20-18-,23-21-,27-26-,43-24-. The van der Waals surface area contributed by atoms with E-state index in [9.17, 15) is 19.0 Å². The molecule has 10 heteroatoms. The van der Waals surface area contributed by atoms with Gasteiger partial charge in [-0.1, -0.05) is 304 Å². The van der Waals surface area contributed by atoms with Crippen molar-refractivity contribution >= 4 is 19.8 Å². The molecule has 0 heterocycles. The van der Waals surface area contributed by atoms with E-state index in [0.717, 1.165) is 83.5 Å². The molecule has 0 fully saturated rings. The first-order valence-electron chi connectivity index (χ1n) is 34.1. The number of allylic oxidation sites excluding steroid dienone is 14. The normalized spacial score (nSPS) is 13.5. The average Bonchev–Trinajstić information content (AvgIpc) is 3.46. The molecule has 0 bridgehead atoms. The van der Waals surface area contributed by atoms with Gasteiger partial charge in [-0.3, -0.25) is 18.6 Å². The molecular weight excluding hydrogens is 1030 g/mol. The Labute approximate surface area is 500 Å². The summed E-state index contributed by atoms with van der Waals surface area (Å²) in [5.74, 6) is -0.827. The molecule has 0 aliphatic carbocycles. The second-order valence-electron chi connectivity index (χ2n) is 22.7. The van der Waals surface area contributed by atoms with Crippen molar-refractivity contribution in [3.63, 3.8) is 0 Å². The summed E-state index contributed by atoms with van der Waals surface area (Å²) >= 11 is 0. The zero-order chi connectivity index (χ0) is 58.7. The minimum Gasteiger partial charge on any atom is -0.462 e. The van der Waals surface area contributed by atoms with Gasteiger partial charge in [0.15, 0.2) is 6.10 Å². The van der Waals surface area contributed by atoms with Gasteiger partial charge in [0.25, 0.3) is 0 Å².